The van der Waals surface area contributed by atoms with Crippen LogP contribution in [0.1, 0.15) is 33.1 Å². The van der Waals surface area contributed by atoms with Gasteiger partial charge in [-0.1, -0.05) is 19.4 Å². The van der Waals surface area contributed by atoms with Crippen molar-refractivity contribution in [1.82, 2.24) is 0 Å². The standard InChI is InChI=1S/C10H17NO/c1-10(2)5-3-9(12)7-8(10)4-6-11/h7H,3-6,11H2,1-2H3. The van der Waals surface area contributed by atoms with Crippen molar-refractivity contribution in [1.29, 1.82) is 0 Å². The molecule has 12 heavy (non-hydrogen) atoms. The van der Waals surface area contributed by atoms with Gasteiger partial charge < -0.3 is 5.73 Å². The number of ketones is 1. The molecule has 0 radical (unpaired) electrons. The van der Waals surface area contributed by atoms with Crippen LogP contribution in [0.4, 0.5) is 0 Å². The quantitative estimate of drug-likeness (QED) is 0.679. The van der Waals surface area contributed by atoms with Gasteiger partial charge in [0.05, 0.1) is 0 Å². The maximum Gasteiger partial charge on any atom is 0.155 e. The zero-order chi connectivity index (χ0) is 9.19. The monoisotopic (exact) mass is 167 g/mol. The molecule has 0 aromatic rings. The number of rotatable bonds is 2. The summed E-state index contributed by atoms with van der Waals surface area (Å²) >= 11 is 0. The van der Waals surface area contributed by atoms with Gasteiger partial charge in [-0.3, -0.25) is 4.79 Å². The van der Waals surface area contributed by atoms with E-state index in [4.69, 9.17) is 5.73 Å². The molecule has 2 nitrogen and oxygen atoms in total. The Morgan fingerprint density at radius 1 is 1.58 bits per heavy atom. The smallest absolute Gasteiger partial charge is 0.155 e. The lowest BCUT2D eigenvalue weighted by molar-refractivity contribution is -0.115. The first-order valence-electron chi connectivity index (χ1n) is 4.50. The molecule has 1 aliphatic carbocycles. The molecule has 0 atom stereocenters. The Balaban J connectivity index is 2.81. The Labute approximate surface area is 73.8 Å². The summed E-state index contributed by atoms with van der Waals surface area (Å²) in [6, 6.07) is 0. The Bertz CT molecular complexity index is 216. The number of carbonyl (C=O) groups excluding carboxylic acids is 1. The Morgan fingerprint density at radius 3 is 2.83 bits per heavy atom. The fraction of sp³-hybridized carbons (Fsp3) is 0.700. The van der Waals surface area contributed by atoms with Gasteiger partial charge in [0.2, 0.25) is 0 Å². The van der Waals surface area contributed by atoms with Crippen molar-refractivity contribution in [2.75, 3.05) is 6.54 Å². The number of hydrogen-bond donors (Lipinski definition) is 1. The molecular formula is C10H17NO. The van der Waals surface area contributed by atoms with E-state index < -0.39 is 0 Å². The molecule has 0 amide bonds. The van der Waals surface area contributed by atoms with Crippen molar-refractivity contribution in [3.8, 4) is 0 Å². The predicted molar refractivity (Wildman–Crippen MR) is 49.8 cm³/mol. The lowest BCUT2D eigenvalue weighted by Crippen LogP contribution is -2.23. The summed E-state index contributed by atoms with van der Waals surface area (Å²) in [5, 5.41) is 0. The maximum absolute atomic E-state index is 11.1. The summed E-state index contributed by atoms with van der Waals surface area (Å²) in [6.45, 7) is 5.00. The molecule has 0 aromatic carbocycles. The van der Waals surface area contributed by atoms with Crippen LogP contribution in [-0.4, -0.2) is 12.3 Å². The molecule has 0 aliphatic heterocycles. The zero-order valence-electron chi connectivity index (χ0n) is 7.89. The minimum atomic E-state index is 0.188. The first-order valence-corrected chi connectivity index (χ1v) is 4.50. The van der Waals surface area contributed by atoms with E-state index >= 15 is 0 Å². The molecule has 0 spiro atoms. The minimum Gasteiger partial charge on any atom is -0.330 e. The van der Waals surface area contributed by atoms with E-state index in [2.05, 4.69) is 13.8 Å². The number of nitrogens with two attached hydrogens (primary N) is 1. The topological polar surface area (TPSA) is 43.1 Å². The Kier molecular flexibility index (Phi) is 2.68. The van der Waals surface area contributed by atoms with Gasteiger partial charge in [0.1, 0.15) is 0 Å². The summed E-state index contributed by atoms with van der Waals surface area (Å²) < 4.78 is 0. The van der Waals surface area contributed by atoms with Gasteiger partial charge in [-0.15, -0.1) is 0 Å². The van der Waals surface area contributed by atoms with Crippen molar-refractivity contribution in [2.45, 2.75) is 33.1 Å². The third-order valence-electron chi connectivity index (χ3n) is 2.61. The largest absolute Gasteiger partial charge is 0.330 e. The summed E-state index contributed by atoms with van der Waals surface area (Å²) in [6.07, 6.45) is 4.31. The van der Waals surface area contributed by atoms with Crippen LogP contribution in [0, 0.1) is 5.41 Å². The van der Waals surface area contributed by atoms with Gasteiger partial charge in [-0.25, -0.2) is 0 Å². The molecule has 0 fully saturated rings. The van der Waals surface area contributed by atoms with E-state index in [9.17, 15) is 4.79 Å². The second kappa shape index (κ2) is 3.40. The first kappa shape index (κ1) is 9.46. The van der Waals surface area contributed by atoms with Gasteiger partial charge >= 0.3 is 0 Å². The molecule has 2 heteroatoms. The summed E-state index contributed by atoms with van der Waals surface area (Å²) in [5.41, 5.74) is 6.88. The van der Waals surface area contributed by atoms with Gasteiger partial charge in [0, 0.05) is 6.42 Å². The van der Waals surface area contributed by atoms with E-state index in [-0.39, 0.29) is 11.2 Å². The number of hydrogen-bond acceptors (Lipinski definition) is 2. The van der Waals surface area contributed by atoms with Crippen LogP contribution in [0.3, 0.4) is 0 Å². The average Bonchev–Trinajstić information content (AvgIpc) is 1.98. The van der Waals surface area contributed by atoms with Crippen LogP contribution in [0.2, 0.25) is 0 Å². The molecule has 0 saturated heterocycles. The van der Waals surface area contributed by atoms with Crippen LogP contribution < -0.4 is 5.73 Å². The Hall–Kier alpha value is -0.630. The van der Waals surface area contributed by atoms with Crippen LogP contribution in [0.5, 0.6) is 0 Å². The van der Waals surface area contributed by atoms with Crippen LogP contribution in [0.25, 0.3) is 0 Å². The van der Waals surface area contributed by atoms with Gasteiger partial charge in [-0.05, 0) is 30.9 Å². The van der Waals surface area contributed by atoms with Crippen molar-refractivity contribution < 1.29 is 4.79 Å². The Morgan fingerprint density at radius 2 is 2.25 bits per heavy atom. The predicted octanol–water partition coefficient (Wildman–Crippen LogP) is 1.65. The van der Waals surface area contributed by atoms with E-state index in [1.807, 2.05) is 0 Å². The maximum atomic E-state index is 11.1. The van der Waals surface area contributed by atoms with Crippen molar-refractivity contribution in [3.63, 3.8) is 0 Å². The summed E-state index contributed by atoms with van der Waals surface area (Å²) in [4.78, 5) is 11.1. The highest BCUT2D eigenvalue weighted by Gasteiger charge is 2.27. The fourth-order valence-electron chi connectivity index (χ4n) is 1.62. The van der Waals surface area contributed by atoms with Gasteiger partial charge in [0.15, 0.2) is 5.78 Å². The van der Waals surface area contributed by atoms with Crippen LogP contribution in [-0.2, 0) is 4.79 Å². The van der Waals surface area contributed by atoms with E-state index in [0.29, 0.717) is 13.0 Å². The number of carbonyl (C=O) groups is 1. The normalized spacial score (nSPS) is 22.2. The van der Waals surface area contributed by atoms with Crippen LogP contribution in [0.15, 0.2) is 11.6 Å². The zero-order valence-corrected chi connectivity index (χ0v) is 7.89. The van der Waals surface area contributed by atoms with Crippen molar-refractivity contribution in [2.24, 2.45) is 11.1 Å². The molecule has 1 rings (SSSR count). The number of allylic oxidation sites excluding steroid dienone is 1. The molecule has 0 unspecified atom stereocenters. The highest BCUT2D eigenvalue weighted by Crippen LogP contribution is 2.36. The van der Waals surface area contributed by atoms with Gasteiger partial charge in [-0.2, -0.15) is 0 Å². The van der Waals surface area contributed by atoms with Crippen molar-refractivity contribution >= 4 is 5.78 Å². The second-order valence-corrected chi connectivity index (χ2v) is 4.06. The molecule has 0 saturated carbocycles. The molecular weight excluding hydrogens is 150 g/mol. The molecule has 0 heterocycles. The third-order valence-corrected chi connectivity index (χ3v) is 2.61. The van der Waals surface area contributed by atoms with E-state index in [1.54, 1.807) is 6.08 Å². The SMILES string of the molecule is CC1(C)CCC(=O)C=C1CCN. The molecule has 0 aromatic heterocycles. The van der Waals surface area contributed by atoms with Crippen LogP contribution >= 0.6 is 0 Å². The molecule has 0 bridgehead atoms. The van der Waals surface area contributed by atoms with Gasteiger partial charge in [0.25, 0.3) is 0 Å². The molecule has 1 aliphatic rings. The third kappa shape index (κ3) is 1.95. The fourth-order valence-corrected chi connectivity index (χ4v) is 1.62. The first-order chi connectivity index (χ1) is 5.56. The highest BCUT2D eigenvalue weighted by atomic mass is 16.1. The van der Waals surface area contributed by atoms with E-state index in [0.717, 1.165) is 12.8 Å². The molecule has 2 N–H and O–H groups in total. The molecule has 68 valence electrons. The summed E-state index contributed by atoms with van der Waals surface area (Å²) in [5.74, 6) is 0.262. The second-order valence-electron chi connectivity index (χ2n) is 4.06. The average molecular weight is 167 g/mol. The lowest BCUT2D eigenvalue weighted by Gasteiger charge is -2.31. The summed E-state index contributed by atoms with van der Waals surface area (Å²) in [7, 11) is 0. The highest BCUT2D eigenvalue weighted by molar-refractivity contribution is 5.91. The van der Waals surface area contributed by atoms with Crippen molar-refractivity contribution in [3.05, 3.63) is 11.6 Å². The lowest BCUT2D eigenvalue weighted by atomic mass is 9.74. The van der Waals surface area contributed by atoms with E-state index in [1.165, 1.54) is 5.57 Å². The minimum absolute atomic E-state index is 0.188.